The summed E-state index contributed by atoms with van der Waals surface area (Å²) in [5.74, 6) is 1.96. The first-order valence-corrected chi connectivity index (χ1v) is 21.0. The van der Waals surface area contributed by atoms with Crippen molar-refractivity contribution in [1.82, 2.24) is 4.90 Å². The van der Waals surface area contributed by atoms with Crippen molar-refractivity contribution >= 4 is 18.4 Å². The maximum atomic E-state index is 6.16. The second kappa shape index (κ2) is 15.3. The van der Waals surface area contributed by atoms with Crippen molar-refractivity contribution < 1.29 is 9.47 Å². The topological polar surface area (TPSA) is 21.7 Å². The molecule has 0 fully saturated rings. The van der Waals surface area contributed by atoms with Crippen LogP contribution in [0.5, 0.6) is 11.5 Å². The van der Waals surface area contributed by atoms with Gasteiger partial charge < -0.3 is 0 Å². The molecule has 1 aliphatic heterocycles. The number of hydrogen-bond acceptors (Lipinski definition) is 3. The van der Waals surface area contributed by atoms with E-state index >= 15 is 0 Å². The predicted octanol–water partition coefficient (Wildman–Crippen LogP) is 7.66. The molecular formula is C28H49NO2Sn. The Bertz CT molecular complexity index is 654. The third-order valence-electron chi connectivity index (χ3n) is 7.08. The molecular weight excluding hydrogens is 501 g/mol. The average Bonchev–Trinajstić information content (AvgIpc) is 2.83. The first-order chi connectivity index (χ1) is 15.6. The molecule has 0 bridgehead atoms. The van der Waals surface area contributed by atoms with Crippen LogP contribution in [0.2, 0.25) is 13.3 Å². The summed E-state index contributed by atoms with van der Waals surface area (Å²) in [6.45, 7) is 12.4. The van der Waals surface area contributed by atoms with Crippen molar-refractivity contribution in [3.05, 3.63) is 33.9 Å². The monoisotopic (exact) mass is 551 g/mol. The molecule has 1 unspecified atom stereocenters. The molecule has 0 saturated heterocycles. The van der Waals surface area contributed by atoms with E-state index in [9.17, 15) is 0 Å². The second-order valence-electron chi connectivity index (χ2n) is 9.71. The number of unbranched alkanes of at least 4 members (excludes halogenated alkanes) is 3. The molecule has 0 N–H and O–H groups in total. The maximum absolute atomic E-state index is 6.16. The molecule has 0 aromatic heterocycles. The third kappa shape index (κ3) is 8.59. The Balaban J connectivity index is 2.11. The molecule has 1 aliphatic rings. The molecule has 1 atom stereocenters. The van der Waals surface area contributed by atoms with Crippen molar-refractivity contribution in [3.63, 3.8) is 0 Å². The zero-order valence-corrected chi connectivity index (χ0v) is 24.5. The summed E-state index contributed by atoms with van der Waals surface area (Å²) in [5.41, 5.74) is 1.29. The van der Waals surface area contributed by atoms with Crippen LogP contribution in [0.25, 0.3) is 0 Å². The molecule has 1 heterocycles. The zero-order valence-electron chi connectivity index (χ0n) is 21.6. The Morgan fingerprint density at radius 1 is 1.00 bits per heavy atom. The third-order valence-corrected chi connectivity index (χ3v) is 21.3. The van der Waals surface area contributed by atoms with Crippen molar-refractivity contribution in [1.29, 1.82) is 0 Å². The number of ether oxygens (including phenoxy) is 2. The van der Waals surface area contributed by atoms with E-state index in [0.29, 0.717) is 6.04 Å². The summed E-state index contributed by atoms with van der Waals surface area (Å²) in [4.78, 5) is 2.66. The van der Waals surface area contributed by atoms with E-state index in [2.05, 4.69) is 54.9 Å². The second-order valence-corrected chi connectivity index (χ2v) is 22.7. The van der Waals surface area contributed by atoms with Crippen LogP contribution >= 0.6 is 0 Å². The van der Waals surface area contributed by atoms with Crippen LogP contribution in [-0.4, -0.2) is 56.1 Å². The summed E-state index contributed by atoms with van der Waals surface area (Å²) in [6, 6.07) is 6.67. The van der Waals surface area contributed by atoms with E-state index < -0.39 is 18.4 Å². The van der Waals surface area contributed by atoms with Crippen LogP contribution in [0, 0.1) is 0 Å². The van der Waals surface area contributed by atoms with Gasteiger partial charge in [-0.3, -0.25) is 0 Å². The minimum atomic E-state index is -2.20. The number of fused-ring (bicyclic) bond motifs is 1. The van der Waals surface area contributed by atoms with E-state index in [1.54, 1.807) is 20.4 Å². The Hall–Kier alpha value is -0.681. The van der Waals surface area contributed by atoms with Gasteiger partial charge in [-0.2, -0.15) is 0 Å². The van der Waals surface area contributed by atoms with Gasteiger partial charge in [-0.1, -0.05) is 0 Å². The summed E-state index contributed by atoms with van der Waals surface area (Å²) in [6.07, 6.45) is 13.2. The van der Waals surface area contributed by atoms with Crippen LogP contribution in [0.15, 0.2) is 28.4 Å². The number of methoxy groups -OCH3 is 1. The minimum absolute atomic E-state index is 0.450. The molecule has 1 aromatic carbocycles. The average molecular weight is 550 g/mol. The normalized spacial score (nSPS) is 16.4. The van der Waals surface area contributed by atoms with Gasteiger partial charge in [-0.25, -0.2) is 0 Å². The molecule has 0 radical (unpaired) electrons. The van der Waals surface area contributed by atoms with Crippen molar-refractivity contribution in [2.75, 3.05) is 26.8 Å². The van der Waals surface area contributed by atoms with E-state index in [1.807, 2.05) is 6.07 Å². The van der Waals surface area contributed by atoms with Gasteiger partial charge in [-0.15, -0.1) is 0 Å². The molecule has 1 aromatic rings. The van der Waals surface area contributed by atoms with Crippen LogP contribution in [0.3, 0.4) is 0 Å². The van der Waals surface area contributed by atoms with Crippen LogP contribution < -0.4 is 9.47 Å². The first-order valence-electron chi connectivity index (χ1n) is 13.3. The van der Waals surface area contributed by atoms with Gasteiger partial charge in [0.05, 0.1) is 0 Å². The number of benzene rings is 1. The zero-order chi connectivity index (χ0) is 23.2. The Labute approximate surface area is 202 Å². The Morgan fingerprint density at radius 2 is 1.66 bits per heavy atom. The van der Waals surface area contributed by atoms with Crippen LogP contribution in [0.1, 0.15) is 78.2 Å². The molecule has 2 rings (SSSR count). The van der Waals surface area contributed by atoms with Gasteiger partial charge in [0.2, 0.25) is 0 Å². The van der Waals surface area contributed by atoms with Crippen molar-refractivity contribution in [2.45, 2.75) is 98.4 Å². The quantitative estimate of drug-likeness (QED) is 0.197. The first kappa shape index (κ1) is 27.6. The Kier molecular flexibility index (Phi) is 13.1. The molecule has 0 spiro atoms. The summed E-state index contributed by atoms with van der Waals surface area (Å²) < 4.78 is 19.1. The van der Waals surface area contributed by atoms with Gasteiger partial charge in [0.1, 0.15) is 0 Å². The Morgan fingerprint density at radius 3 is 2.22 bits per heavy atom. The van der Waals surface area contributed by atoms with Gasteiger partial charge in [0.15, 0.2) is 0 Å². The van der Waals surface area contributed by atoms with Crippen molar-refractivity contribution in [2.24, 2.45) is 0 Å². The van der Waals surface area contributed by atoms with Crippen molar-refractivity contribution in [3.8, 4) is 11.5 Å². The molecule has 0 saturated carbocycles. The summed E-state index contributed by atoms with van der Waals surface area (Å²) in [5, 5.41) is 0. The van der Waals surface area contributed by atoms with E-state index in [0.717, 1.165) is 37.6 Å². The van der Waals surface area contributed by atoms with Crippen LogP contribution in [-0.2, 0) is 6.42 Å². The van der Waals surface area contributed by atoms with E-state index in [4.69, 9.17) is 9.47 Å². The fourth-order valence-electron chi connectivity index (χ4n) is 5.08. The number of nitrogens with zero attached hydrogens (tertiary/aromatic N) is 1. The summed E-state index contributed by atoms with van der Waals surface area (Å²) >= 11 is -2.20. The molecule has 3 nitrogen and oxygen atoms in total. The van der Waals surface area contributed by atoms with Gasteiger partial charge in [0.25, 0.3) is 0 Å². The van der Waals surface area contributed by atoms with E-state index in [1.165, 1.54) is 50.5 Å². The number of hydrogen-bond donors (Lipinski definition) is 0. The molecule has 32 heavy (non-hydrogen) atoms. The molecule has 4 heteroatoms. The fourth-order valence-corrected chi connectivity index (χ4v) is 19.4. The van der Waals surface area contributed by atoms with Crippen LogP contribution in [0.4, 0.5) is 0 Å². The fraction of sp³-hybridized carbons (Fsp3) is 0.714. The summed E-state index contributed by atoms with van der Waals surface area (Å²) in [7, 11) is 1.74. The molecule has 182 valence electrons. The molecule has 0 amide bonds. The van der Waals surface area contributed by atoms with Gasteiger partial charge >= 0.3 is 203 Å². The standard InChI is InChI=1S/C16H22NO2.3C4H9.Sn/c1-4-8-17(9-5-2)14-10-13-11-15(18-3)6-7-16(13)19-12-14;3*1-3-4-2;/h1,4,6-7,11,14H,5,8-10,12H2,2-3H3;3*1,3-4H2,2H3;. The van der Waals surface area contributed by atoms with Gasteiger partial charge in [0, 0.05) is 0 Å². The number of rotatable bonds is 16. The van der Waals surface area contributed by atoms with Gasteiger partial charge in [-0.05, 0) is 0 Å². The predicted molar refractivity (Wildman–Crippen MR) is 142 cm³/mol. The van der Waals surface area contributed by atoms with E-state index in [-0.39, 0.29) is 0 Å². The molecule has 0 aliphatic carbocycles. The SMILES string of the molecule is CCC[CH2][Sn](/[CH]=C/CN(CCC)C1COc2ccc(OC)cc2C1)([CH2]CCC)[CH2]CCC.